The van der Waals surface area contributed by atoms with Gasteiger partial charge in [-0.1, -0.05) is 13.3 Å². The van der Waals surface area contributed by atoms with Crippen molar-refractivity contribution in [3.8, 4) is 0 Å². The second-order valence-corrected chi connectivity index (χ2v) is 7.84. The molecule has 0 aliphatic carbocycles. The Hall–Kier alpha value is -2.07. The molecule has 1 atom stereocenters. The fourth-order valence-electron chi connectivity index (χ4n) is 3.51. The number of amides is 4. The number of carbonyl (C=O) groups excluding carboxylic acids is 4. The standard InChI is InChI=1S/C18H26N4O5S/c1-3-5-8-22-15(23)13-12(19-18(22)26)14(28-20-13)16(24)21-9-6-11(7-10-21)17(25)27-4-2/h11,13,20H,3-10H2,1-2H3,(H,19,26). The highest BCUT2D eigenvalue weighted by atomic mass is 32.2. The number of carbonyl (C=O) groups is 4. The second-order valence-electron chi connectivity index (χ2n) is 6.99. The van der Waals surface area contributed by atoms with Crippen LogP contribution in [0.25, 0.3) is 0 Å². The number of nitrogens with zero attached hydrogens (tertiary/aromatic N) is 2. The van der Waals surface area contributed by atoms with E-state index in [1.54, 1.807) is 11.8 Å². The molecule has 9 nitrogen and oxygen atoms in total. The lowest BCUT2D eigenvalue weighted by Gasteiger charge is -2.32. The minimum Gasteiger partial charge on any atom is -0.466 e. The van der Waals surface area contributed by atoms with Gasteiger partial charge in [0.05, 0.1) is 18.2 Å². The highest BCUT2D eigenvalue weighted by Crippen LogP contribution is 2.33. The summed E-state index contributed by atoms with van der Waals surface area (Å²) >= 11 is 1.08. The predicted molar refractivity (Wildman–Crippen MR) is 103 cm³/mol. The molecule has 0 aromatic rings. The van der Waals surface area contributed by atoms with Crippen LogP contribution in [0.3, 0.4) is 0 Å². The first-order chi connectivity index (χ1) is 13.5. The summed E-state index contributed by atoms with van der Waals surface area (Å²) in [5.41, 5.74) is 0.338. The smallest absolute Gasteiger partial charge is 0.328 e. The third kappa shape index (κ3) is 4.02. The molecule has 3 aliphatic rings. The van der Waals surface area contributed by atoms with Crippen LogP contribution in [-0.2, 0) is 19.1 Å². The number of hydrogen-bond acceptors (Lipinski definition) is 7. The second kappa shape index (κ2) is 8.95. The molecule has 2 fully saturated rings. The number of unbranched alkanes of at least 4 members (excludes halogenated alkanes) is 1. The number of piperidine rings is 1. The van der Waals surface area contributed by atoms with Gasteiger partial charge < -0.3 is 15.0 Å². The zero-order valence-corrected chi connectivity index (χ0v) is 17.0. The molecule has 1 unspecified atom stereocenters. The van der Waals surface area contributed by atoms with Crippen LogP contribution in [0.15, 0.2) is 10.6 Å². The van der Waals surface area contributed by atoms with Crippen molar-refractivity contribution in [2.45, 2.75) is 45.6 Å². The Morgan fingerprint density at radius 2 is 1.93 bits per heavy atom. The zero-order chi connectivity index (χ0) is 20.3. The first-order valence-electron chi connectivity index (χ1n) is 9.72. The Bertz CT molecular complexity index is 702. The van der Waals surface area contributed by atoms with E-state index in [1.807, 2.05) is 6.92 Å². The van der Waals surface area contributed by atoms with Crippen LogP contribution in [0, 0.1) is 5.92 Å². The molecule has 0 saturated carbocycles. The van der Waals surface area contributed by atoms with Crippen molar-refractivity contribution >= 4 is 35.8 Å². The number of esters is 1. The Morgan fingerprint density at radius 3 is 2.57 bits per heavy atom. The fourth-order valence-corrected chi connectivity index (χ4v) is 4.46. The number of fused-ring (bicyclic) bond motifs is 1. The van der Waals surface area contributed by atoms with E-state index < -0.39 is 12.1 Å². The van der Waals surface area contributed by atoms with E-state index in [0.717, 1.165) is 24.8 Å². The lowest BCUT2D eigenvalue weighted by Crippen LogP contribution is -2.58. The van der Waals surface area contributed by atoms with Crippen molar-refractivity contribution in [3.05, 3.63) is 10.6 Å². The van der Waals surface area contributed by atoms with Gasteiger partial charge in [0.15, 0.2) is 0 Å². The molecule has 2 N–H and O–H groups in total. The first kappa shape index (κ1) is 20.7. The lowest BCUT2D eigenvalue weighted by atomic mass is 9.97. The molecule has 2 saturated heterocycles. The van der Waals surface area contributed by atoms with E-state index in [0.29, 0.717) is 49.7 Å². The van der Waals surface area contributed by atoms with E-state index in [4.69, 9.17) is 4.74 Å². The summed E-state index contributed by atoms with van der Waals surface area (Å²) in [6.45, 7) is 5.35. The quantitative estimate of drug-likeness (QED) is 0.496. The number of rotatable bonds is 6. The number of imide groups is 1. The number of urea groups is 1. The van der Waals surface area contributed by atoms with Crippen molar-refractivity contribution in [1.82, 2.24) is 19.8 Å². The van der Waals surface area contributed by atoms with Crippen LogP contribution in [0.2, 0.25) is 0 Å². The SMILES string of the molecule is CCCCN1C(=O)NC2=C(C(=O)N3CCC(C(=O)OCC)CC3)SNC2C1=O. The summed E-state index contributed by atoms with van der Waals surface area (Å²) in [6, 6.07) is -1.20. The molecule has 3 aliphatic heterocycles. The van der Waals surface area contributed by atoms with Gasteiger partial charge in [-0.05, 0) is 38.1 Å². The maximum Gasteiger partial charge on any atom is 0.328 e. The van der Waals surface area contributed by atoms with Crippen LogP contribution >= 0.6 is 11.9 Å². The van der Waals surface area contributed by atoms with E-state index in [-0.39, 0.29) is 23.7 Å². The van der Waals surface area contributed by atoms with E-state index >= 15 is 0 Å². The molecule has 0 aromatic carbocycles. The third-order valence-corrected chi connectivity index (χ3v) is 6.10. The Kier molecular flexibility index (Phi) is 6.61. The summed E-state index contributed by atoms with van der Waals surface area (Å²) in [6.07, 6.45) is 2.70. The molecule has 4 amide bonds. The fraction of sp³-hybridized carbons (Fsp3) is 0.667. The first-order valence-corrected chi connectivity index (χ1v) is 10.5. The molecule has 0 bridgehead atoms. The van der Waals surface area contributed by atoms with Crippen molar-refractivity contribution < 1.29 is 23.9 Å². The van der Waals surface area contributed by atoms with Crippen LogP contribution in [-0.4, -0.2) is 65.9 Å². The largest absolute Gasteiger partial charge is 0.466 e. The molecule has 0 spiro atoms. The Balaban J connectivity index is 1.66. The van der Waals surface area contributed by atoms with Gasteiger partial charge in [0.25, 0.3) is 11.8 Å². The number of ether oxygens (including phenoxy) is 1. The zero-order valence-electron chi connectivity index (χ0n) is 16.2. The van der Waals surface area contributed by atoms with Gasteiger partial charge in [-0.25, -0.2) is 9.52 Å². The molecule has 28 heavy (non-hydrogen) atoms. The molecular weight excluding hydrogens is 384 g/mol. The van der Waals surface area contributed by atoms with Crippen LogP contribution in [0.5, 0.6) is 0 Å². The lowest BCUT2D eigenvalue weighted by molar-refractivity contribution is -0.150. The molecule has 3 rings (SSSR count). The van der Waals surface area contributed by atoms with Gasteiger partial charge in [-0.2, -0.15) is 0 Å². The van der Waals surface area contributed by atoms with Gasteiger partial charge in [0.2, 0.25) is 0 Å². The molecule has 0 radical (unpaired) electrons. The van der Waals surface area contributed by atoms with Gasteiger partial charge >= 0.3 is 12.0 Å². The van der Waals surface area contributed by atoms with Crippen molar-refractivity contribution in [1.29, 1.82) is 0 Å². The van der Waals surface area contributed by atoms with Crippen molar-refractivity contribution in [2.75, 3.05) is 26.2 Å². The van der Waals surface area contributed by atoms with Crippen LogP contribution in [0.1, 0.15) is 39.5 Å². The van der Waals surface area contributed by atoms with Gasteiger partial charge in [0.1, 0.15) is 10.9 Å². The maximum absolute atomic E-state index is 12.9. The van der Waals surface area contributed by atoms with E-state index in [1.165, 1.54) is 4.90 Å². The highest BCUT2D eigenvalue weighted by molar-refractivity contribution is 8.02. The summed E-state index contributed by atoms with van der Waals surface area (Å²) in [5, 5.41) is 2.72. The minimum absolute atomic E-state index is 0.188. The minimum atomic E-state index is -0.712. The average Bonchev–Trinajstić information content (AvgIpc) is 3.11. The number of nitrogens with one attached hydrogen (secondary N) is 2. The number of likely N-dealkylation sites (tertiary alicyclic amines) is 1. The Labute approximate surface area is 168 Å². The average molecular weight is 410 g/mol. The monoisotopic (exact) mass is 410 g/mol. The Morgan fingerprint density at radius 1 is 1.21 bits per heavy atom. The molecule has 10 heteroatoms. The van der Waals surface area contributed by atoms with E-state index in [2.05, 4.69) is 10.0 Å². The van der Waals surface area contributed by atoms with Crippen LogP contribution < -0.4 is 10.0 Å². The molecule has 154 valence electrons. The van der Waals surface area contributed by atoms with Crippen molar-refractivity contribution in [2.24, 2.45) is 5.92 Å². The highest BCUT2D eigenvalue weighted by Gasteiger charge is 2.45. The van der Waals surface area contributed by atoms with Gasteiger partial charge in [-0.15, -0.1) is 0 Å². The van der Waals surface area contributed by atoms with Gasteiger partial charge in [0, 0.05) is 19.6 Å². The molecule has 0 aromatic heterocycles. The third-order valence-electron chi connectivity index (χ3n) is 5.14. The maximum atomic E-state index is 12.9. The normalized spacial score (nSPS) is 23.0. The molecular formula is C18H26N4O5S. The summed E-state index contributed by atoms with van der Waals surface area (Å²) in [4.78, 5) is 53.0. The van der Waals surface area contributed by atoms with Gasteiger partial charge in [-0.3, -0.25) is 19.3 Å². The summed E-state index contributed by atoms with van der Waals surface area (Å²) < 4.78 is 8.02. The summed E-state index contributed by atoms with van der Waals surface area (Å²) in [5.74, 6) is -0.964. The predicted octanol–water partition coefficient (Wildman–Crippen LogP) is 0.972. The summed E-state index contributed by atoms with van der Waals surface area (Å²) in [7, 11) is 0. The van der Waals surface area contributed by atoms with Crippen molar-refractivity contribution in [3.63, 3.8) is 0 Å². The van der Waals surface area contributed by atoms with E-state index in [9.17, 15) is 19.2 Å². The molecule has 3 heterocycles. The number of hydrogen-bond donors (Lipinski definition) is 2. The van der Waals surface area contributed by atoms with Crippen LogP contribution in [0.4, 0.5) is 4.79 Å². The topological polar surface area (TPSA) is 108 Å².